The minimum absolute atomic E-state index is 0.0142. The van der Waals surface area contributed by atoms with E-state index in [2.05, 4.69) is 20.4 Å². The lowest BCUT2D eigenvalue weighted by atomic mass is 10.0. The highest BCUT2D eigenvalue weighted by Crippen LogP contribution is 2.25. The van der Waals surface area contributed by atoms with Crippen molar-refractivity contribution in [2.75, 3.05) is 38.2 Å². The molecule has 1 saturated heterocycles. The lowest BCUT2D eigenvalue weighted by Gasteiger charge is -2.35. The number of piperazine rings is 1. The number of benzene rings is 4. The maximum absolute atomic E-state index is 15.3. The first-order chi connectivity index (χ1) is 23.7. The molecule has 1 atom stereocenters. The average molecular weight is 664 g/mol. The molecular formula is C37H34FN5O6. The molecule has 0 bridgehead atoms. The summed E-state index contributed by atoms with van der Waals surface area (Å²) in [6.07, 6.45) is -0.172. The van der Waals surface area contributed by atoms with Crippen LogP contribution in [0.5, 0.6) is 5.75 Å². The molecule has 1 fully saturated rings. The molecule has 2 N–H and O–H groups in total. The maximum atomic E-state index is 15.3. The van der Waals surface area contributed by atoms with Crippen LogP contribution in [0.25, 0.3) is 22.5 Å². The van der Waals surface area contributed by atoms with Crippen LogP contribution in [0.2, 0.25) is 0 Å². The zero-order valence-corrected chi connectivity index (χ0v) is 26.9. The van der Waals surface area contributed by atoms with Crippen molar-refractivity contribution in [1.29, 1.82) is 0 Å². The maximum Gasteiger partial charge on any atom is 0.326 e. The van der Waals surface area contributed by atoms with Gasteiger partial charge in [-0.15, -0.1) is 0 Å². The second-order valence-corrected chi connectivity index (χ2v) is 11.7. The van der Waals surface area contributed by atoms with Crippen molar-refractivity contribution in [3.63, 3.8) is 0 Å². The number of aryl methyl sites for hydroxylation is 1. The Morgan fingerprint density at radius 3 is 2.35 bits per heavy atom. The Morgan fingerprint density at radius 1 is 0.939 bits per heavy atom. The lowest BCUT2D eigenvalue weighted by molar-refractivity contribution is -0.139. The minimum atomic E-state index is -1.32. The van der Waals surface area contributed by atoms with Gasteiger partial charge in [0.25, 0.3) is 5.91 Å². The second-order valence-electron chi connectivity index (χ2n) is 11.7. The summed E-state index contributed by atoms with van der Waals surface area (Å²) in [4.78, 5) is 46.2. The summed E-state index contributed by atoms with van der Waals surface area (Å²) in [6, 6.07) is 25.2. The molecule has 250 valence electrons. The fourth-order valence-electron chi connectivity index (χ4n) is 5.65. The Hall–Kier alpha value is -6.04. The number of carbonyl (C=O) groups is 3. The van der Waals surface area contributed by atoms with Gasteiger partial charge >= 0.3 is 17.8 Å². The quantitative estimate of drug-likeness (QED) is 0.205. The van der Waals surface area contributed by atoms with E-state index >= 15 is 4.39 Å². The fraction of sp³-hybridized carbons (Fsp3) is 0.216. The number of ether oxygens (including phenoxy) is 1. The van der Waals surface area contributed by atoms with Crippen LogP contribution in [0.1, 0.15) is 32.2 Å². The molecule has 1 aromatic heterocycles. The largest absolute Gasteiger partial charge is 0.497 e. The number of anilines is 1. The third kappa shape index (κ3) is 7.59. The first-order valence-electron chi connectivity index (χ1n) is 15.7. The third-order valence-electron chi connectivity index (χ3n) is 8.44. The summed E-state index contributed by atoms with van der Waals surface area (Å²) < 4.78 is 25.7. The van der Waals surface area contributed by atoms with Crippen LogP contribution in [0, 0.1) is 12.7 Å². The van der Waals surface area contributed by atoms with E-state index in [-0.39, 0.29) is 23.7 Å². The van der Waals surface area contributed by atoms with Crippen molar-refractivity contribution in [3.05, 3.63) is 119 Å². The first kappa shape index (κ1) is 32.9. The summed E-state index contributed by atoms with van der Waals surface area (Å²) >= 11 is 0. The highest BCUT2D eigenvalue weighted by atomic mass is 19.1. The Labute approximate surface area is 281 Å². The lowest BCUT2D eigenvalue weighted by Crippen LogP contribution is -2.48. The molecule has 1 aliphatic heterocycles. The van der Waals surface area contributed by atoms with E-state index in [0.717, 1.165) is 34.2 Å². The van der Waals surface area contributed by atoms with Gasteiger partial charge in [-0.25, -0.2) is 9.18 Å². The predicted molar refractivity (Wildman–Crippen MR) is 180 cm³/mol. The van der Waals surface area contributed by atoms with Gasteiger partial charge in [-0.2, -0.15) is 4.98 Å². The van der Waals surface area contributed by atoms with Gasteiger partial charge in [-0.3, -0.25) is 9.59 Å². The van der Waals surface area contributed by atoms with Gasteiger partial charge in [0.05, 0.1) is 12.7 Å². The second kappa shape index (κ2) is 14.4. The number of nitrogens with zero attached hydrogens (tertiary/aromatic N) is 4. The van der Waals surface area contributed by atoms with E-state index in [0.29, 0.717) is 37.3 Å². The van der Waals surface area contributed by atoms with E-state index in [1.165, 1.54) is 12.1 Å². The molecule has 0 spiro atoms. The Balaban J connectivity index is 1.08. The van der Waals surface area contributed by atoms with Crippen LogP contribution >= 0.6 is 0 Å². The standard InChI is InChI=1S/C37H34FN5O6/c1-23-6-9-25(10-7-23)26-4-3-5-27(22-26)34(44)39-32(37(46)47)21-24-8-15-30(31(38)20-24)33-40-35(49-41-33)36(45)43-18-16-42(17-19-43)28-11-13-29(48-2)14-12-28/h3-15,20,22,32H,16-19,21H2,1-2H3,(H,39,44)(H,46,47). The van der Waals surface area contributed by atoms with Crippen molar-refractivity contribution in [2.24, 2.45) is 0 Å². The molecule has 2 heterocycles. The molecule has 5 aromatic rings. The number of aromatic nitrogens is 2. The van der Waals surface area contributed by atoms with E-state index in [1.54, 1.807) is 30.2 Å². The number of carboxylic acids is 1. The fourth-order valence-corrected chi connectivity index (χ4v) is 5.65. The summed E-state index contributed by atoms with van der Waals surface area (Å²) in [6.45, 7) is 4.06. The molecule has 49 heavy (non-hydrogen) atoms. The van der Waals surface area contributed by atoms with Crippen LogP contribution in [0.3, 0.4) is 0 Å². The van der Waals surface area contributed by atoms with E-state index in [4.69, 9.17) is 9.26 Å². The van der Waals surface area contributed by atoms with Gasteiger partial charge in [0.1, 0.15) is 17.6 Å². The summed E-state index contributed by atoms with van der Waals surface area (Å²) in [5, 5.41) is 16.2. The zero-order chi connectivity index (χ0) is 34.5. The predicted octanol–water partition coefficient (Wildman–Crippen LogP) is 5.25. The molecule has 12 heteroatoms. The van der Waals surface area contributed by atoms with Crippen LogP contribution < -0.4 is 15.0 Å². The smallest absolute Gasteiger partial charge is 0.326 e. The van der Waals surface area contributed by atoms with Crippen molar-refractivity contribution < 1.29 is 33.1 Å². The Bertz CT molecular complexity index is 1970. The van der Waals surface area contributed by atoms with Gasteiger partial charge in [-0.1, -0.05) is 53.2 Å². The number of amides is 2. The number of aliphatic carboxylic acids is 1. The van der Waals surface area contributed by atoms with Crippen LogP contribution in [0.4, 0.5) is 10.1 Å². The molecule has 0 aliphatic carbocycles. The molecule has 1 aliphatic rings. The molecule has 4 aromatic carbocycles. The summed E-state index contributed by atoms with van der Waals surface area (Å²) in [5.41, 5.74) is 4.48. The van der Waals surface area contributed by atoms with Crippen molar-refractivity contribution >= 4 is 23.5 Å². The number of hydrogen-bond donors (Lipinski definition) is 2. The zero-order valence-electron chi connectivity index (χ0n) is 26.9. The van der Waals surface area contributed by atoms with Crippen molar-refractivity contribution in [2.45, 2.75) is 19.4 Å². The first-order valence-corrected chi connectivity index (χ1v) is 15.7. The third-order valence-corrected chi connectivity index (χ3v) is 8.44. The number of nitrogens with one attached hydrogen (secondary N) is 1. The number of methoxy groups -OCH3 is 1. The Morgan fingerprint density at radius 2 is 1.67 bits per heavy atom. The normalized spacial score (nSPS) is 13.5. The number of hydrogen-bond acceptors (Lipinski definition) is 8. The number of carbonyl (C=O) groups excluding carboxylic acids is 2. The molecule has 11 nitrogen and oxygen atoms in total. The number of carboxylic acid groups (broad SMARTS) is 1. The SMILES string of the molecule is COc1ccc(N2CCN(C(=O)c3nc(-c4ccc(CC(NC(=O)c5cccc(-c6ccc(C)cc6)c5)C(=O)O)cc4F)no3)CC2)cc1. The van der Waals surface area contributed by atoms with Gasteiger partial charge < -0.3 is 29.5 Å². The van der Waals surface area contributed by atoms with Crippen LogP contribution in [0.15, 0.2) is 95.5 Å². The number of halogens is 1. The van der Waals surface area contributed by atoms with E-state index < -0.39 is 29.6 Å². The molecule has 1 unspecified atom stereocenters. The van der Waals surface area contributed by atoms with Gasteiger partial charge in [-0.05, 0) is 72.1 Å². The Kier molecular flexibility index (Phi) is 9.65. The molecule has 2 amide bonds. The highest BCUT2D eigenvalue weighted by molar-refractivity contribution is 5.97. The summed E-state index contributed by atoms with van der Waals surface area (Å²) in [7, 11) is 1.61. The van der Waals surface area contributed by atoms with Crippen molar-refractivity contribution in [3.8, 4) is 28.3 Å². The van der Waals surface area contributed by atoms with E-state index in [9.17, 15) is 19.5 Å². The molecule has 0 radical (unpaired) electrons. The van der Waals surface area contributed by atoms with Crippen molar-refractivity contribution in [1.82, 2.24) is 20.4 Å². The summed E-state index contributed by atoms with van der Waals surface area (Å²) in [5.74, 6) is -2.61. The van der Waals surface area contributed by atoms with Gasteiger partial charge in [0, 0.05) is 43.9 Å². The molecule has 0 saturated carbocycles. The molecule has 6 rings (SSSR count). The van der Waals surface area contributed by atoms with Gasteiger partial charge in [0.15, 0.2) is 0 Å². The van der Waals surface area contributed by atoms with Crippen LogP contribution in [-0.4, -0.2) is 77.3 Å². The number of rotatable bonds is 10. The van der Waals surface area contributed by atoms with Crippen LogP contribution in [-0.2, 0) is 11.2 Å². The minimum Gasteiger partial charge on any atom is -0.497 e. The molecular weight excluding hydrogens is 629 g/mol. The average Bonchev–Trinajstić information content (AvgIpc) is 3.61. The van der Waals surface area contributed by atoms with Gasteiger partial charge in [0.2, 0.25) is 5.82 Å². The monoisotopic (exact) mass is 663 g/mol. The topological polar surface area (TPSA) is 138 Å². The van der Waals surface area contributed by atoms with E-state index in [1.807, 2.05) is 61.5 Å². The highest BCUT2D eigenvalue weighted by Gasteiger charge is 2.28.